The molecule has 0 unspecified atom stereocenters. The zero-order valence-corrected chi connectivity index (χ0v) is 6.86. The molecule has 0 rings (SSSR count). The van der Waals surface area contributed by atoms with Crippen LogP contribution in [0.2, 0.25) is 0 Å². The summed E-state index contributed by atoms with van der Waals surface area (Å²) in [6, 6.07) is 0. The first kappa shape index (κ1) is 9.36. The van der Waals surface area contributed by atoms with Crippen molar-refractivity contribution in [3.8, 4) is 0 Å². The summed E-state index contributed by atoms with van der Waals surface area (Å²) in [5, 5.41) is 0. The average molecular weight is 160 g/mol. The van der Waals surface area contributed by atoms with E-state index in [1.165, 1.54) is 0 Å². The van der Waals surface area contributed by atoms with Gasteiger partial charge in [-0.2, -0.15) is 0 Å². The van der Waals surface area contributed by atoms with E-state index in [4.69, 9.17) is 5.73 Å². The Labute approximate surface area is 66.2 Å². The molecule has 10 heavy (non-hydrogen) atoms. The largest absolute Gasteiger partial charge is 0.393 e. The quantitative estimate of drug-likeness (QED) is 0.459. The lowest BCUT2D eigenvalue weighted by Crippen LogP contribution is -2.25. The molecular formula is C6H12N2OS. The number of rotatable bonds is 5. The van der Waals surface area contributed by atoms with Crippen molar-refractivity contribution in [2.45, 2.75) is 13.3 Å². The van der Waals surface area contributed by atoms with Crippen LogP contribution in [0.1, 0.15) is 13.3 Å². The summed E-state index contributed by atoms with van der Waals surface area (Å²) in [5.74, 6) is 0. The van der Waals surface area contributed by atoms with Gasteiger partial charge in [0, 0.05) is 19.5 Å². The zero-order chi connectivity index (χ0) is 7.98. The molecule has 58 valence electrons. The molecular weight excluding hydrogens is 148 g/mol. The molecule has 0 aliphatic rings. The standard InChI is InChI=1S/C6H12N2OS/c1-2-8(5-9)4-3-6(7)10/h5H,2-4H2,1H3,(H2,7,10). The molecule has 0 radical (unpaired) electrons. The van der Waals surface area contributed by atoms with Crippen molar-refractivity contribution in [2.75, 3.05) is 13.1 Å². The second-order valence-electron chi connectivity index (χ2n) is 1.95. The van der Waals surface area contributed by atoms with Crippen molar-refractivity contribution >= 4 is 23.6 Å². The molecule has 1 amide bonds. The van der Waals surface area contributed by atoms with E-state index in [1.807, 2.05) is 6.92 Å². The van der Waals surface area contributed by atoms with Gasteiger partial charge in [0.2, 0.25) is 6.41 Å². The third-order valence-electron chi connectivity index (χ3n) is 1.20. The molecule has 0 aliphatic heterocycles. The predicted octanol–water partition coefficient (Wildman–Crippen LogP) is 0.141. The monoisotopic (exact) mass is 160 g/mol. The fraction of sp³-hybridized carbons (Fsp3) is 0.667. The predicted molar refractivity (Wildman–Crippen MR) is 44.7 cm³/mol. The summed E-state index contributed by atoms with van der Waals surface area (Å²) < 4.78 is 0. The van der Waals surface area contributed by atoms with Crippen LogP contribution in [0.5, 0.6) is 0 Å². The Morgan fingerprint density at radius 3 is 2.70 bits per heavy atom. The normalized spacial score (nSPS) is 8.90. The van der Waals surface area contributed by atoms with Crippen molar-refractivity contribution in [1.82, 2.24) is 4.90 Å². The van der Waals surface area contributed by atoms with Crippen LogP contribution in [0.15, 0.2) is 0 Å². The number of thiocarbonyl (C=S) groups is 1. The molecule has 0 fully saturated rings. The lowest BCUT2D eigenvalue weighted by Gasteiger charge is -2.12. The maximum absolute atomic E-state index is 10.2. The number of nitrogens with two attached hydrogens (primary N) is 1. The highest BCUT2D eigenvalue weighted by Gasteiger charge is 1.97. The van der Waals surface area contributed by atoms with Gasteiger partial charge in [0.1, 0.15) is 0 Å². The van der Waals surface area contributed by atoms with Gasteiger partial charge in [-0.3, -0.25) is 4.79 Å². The van der Waals surface area contributed by atoms with Gasteiger partial charge in [-0.15, -0.1) is 0 Å². The van der Waals surface area contributed by atoms with Crippen LogP contribution in [0.4, 0.5) is 0 Å². The second-order valence-corrected chi connectivity index (χ2v) is 2.47. The average Bonchev–Trinajstić information content (AvgIpc) is 1.90. The van der Waals surface area contributed by atoms with E-state index in [-0.39, 0.29) is 0 Å². The number of amides is 1. The Kier molecular flexibility index (Phi) is 4.84. The zero-order valence-electron chi connectivity index (χ0n) is 6.04. The summed E-state index contributed by atoms with van der Waals surface area (Å²) in [6.45, 7) is 3.26. The first-order valence-corrected chi connectivity index (χ1v) is 3.59. The molecule has 0 saturated heterocycles. The summed E-state index contributed by atoms with van der Waals surface area (Å²) in [6.07, 6.45) is 1.42. The molecule has 3 nitrogen and oxygen atoms in total. The third-order valence-corrected chi connectivity index (χ3v) is 1.40. The van der Waals surface area contributed by atoms with Gasteiger partial charge in [-0.25, -0.2) is 0 Å². The first-order chi connectivity index (χ1) is 4.70. The number of nitrogens with zero attached hydrogens (tertiary/aromatic N) is 1. The Bertz CT molecular complexity index is 127. The topological polar surface area (TPSA) is 46.3 Å². The Hall–Kier alpha value is -0.640. The van der Waals surface area contributed by atoms with Crippen LogP contribution in [0, 0.1) is 0 Å². The smallest absolute Gasteiger partial charge is 0.209 e. The second kappa shape index (κ2) is 5.17. The van der Waals surface area contributed by atoms with Gasteiger partial charge in [0.15, 0.2) is 0 Å². The Balaban J connectivity index is 3.44. The van der Waals surface area contributed by atoms with Crippen LogP contribution >= 0.6 is 12.2 Å². The summed E-state index contributed by atoms with van der Waals surface area (Å²) in [7, 11) is 0. The molecule has 0 aromatic carbocycles. The number of hydrogen-bond donors (Lipinski definition) is 1. The highest BCUT2D eigenvalue weighted by atomic mass is 32.1. The van der Waals surface area contributed by atoms with Crippen LogP contribution < -0.4 is 5.73 Å². The molecule has 4 heteroatoms. The van der Waals surface area contributed by atoms with Crippen LogP contribution in [0.3, 0.4) is 0 Å². The van der Waals surface area contributed by atoms with Gasteiger partial charge in [0.05, 0.1) is 4.99 Å². The van der Waals surface area contributed by atoms with E-state index in [0.29, 0.717) is 24.5 Å². The number of carbonyl (C=O) groups excluding carboxylic acids is 1. The SMILES string of the molecule is CCN(C=O)CCC(N)=S. The first-order valence-electron chi connectivity index (χ1n) is 3.18. The maximum Gasteiger partial charge on any atom is 0.209 e. The van der Waals surface area contributed by atoms with Gasteiger partial charge in [-0.05, 0) is 6.92 Å². The minimum Gasteiger partial charge on any atom is -0.393 e. The third kappa shape index (κ3) is 4.26. The van der Waals surface area contributed by atoms with Gasteiger partial charge in [0.25, 0.3) is 0 Å². The lowest BCUT2D eigenvalue weighted by atomic mass is 10.4. The fourth-order valence-electron chi connectivity index (χ4n) is 0.539. The van der Waals surface area contributed by atoms with Gasteiger partial charge in [-0.1, -0.05) is 12.2 Å². The lowest BCUT2D eigenvalue weighted by molar-refractivity contribution is -0.117. The molecule has 0 aromatic rings. The van der Waals surface area contributed by atoms with E-state index in [2.05, 4.69) is 12.2 Å². The number of hydrogen-bond acceptors (Lipinski definition) is 2. The van der Waals surface area contributed by atoms with Crippen molar-refractivity contribution in [2.24, 2.45) is 5.73 Å². The van der Waals surface area contributed by atoms with Crippen LogP contribution in [-0.4, -0.2) is 29.4 Å². The summed E-state index contributed by atoms with van der Waals surface area (Å²) >= 11 is 4.64. The van der Waals surface area contributed by atoms with Gasteiger partial charge >= 0.3 is 0 Å². The summed E-state index contributed by atoms with van der Waals surface area (Å²) in [5.41, 5.74) is 5.24. The Morgan fingerprint density at radius 2 is 2.40 bits per heavy atom. The van der Waals surface area contributed by atoms with E-state index in [0.717, 1.165) is 6.41 Å². The van der Waals surface area contributed by atoms with E-state index >= 15 is 0 Å². The molecule has 0 aromatic heterocycles. The van der Waals surface area contributed by atoms with Gasteiger partial charge < -0.3 is 10.6 Å². The summed E-state index contributed by atoms with van der Waals surface area (Å²) in [4.78, 5) is 12.3. The minimum atomic E-state index is 0.459. The van der Waals surface area contributed by atoms with Crippen molar-refractivity contribution in [3.63, 3.8) is 0 Å². The number of carbonyl (C=O) groups is 1. The Morgan fingerprint density at radius 1 is 1.80 bits per heavy atom. The van der Waals surface area contributed by atoms with Crippen molar-refractivity contribution in [1.29, 1.82) is 0 Å². The molecule has 0 heterocycles. The van der Waals surface area contributed by atoms with Crippen molar-refractivity contribution in [3.05, 3.63) is 0 Å². The van der Waals surface area contributed by atoms with E-state index < -0.39 is 0 Å². The van der Waals surface area contributed by atoms with E-state index in [9.17, 15) is 4.79 Å². The molecule has 2 N–H and O–H groups in total. The van der Waals surface area contributed by atoms with Crippen LogP contribution in [0.25, 0.3) is 0 Å². The fourth-order valence-corrected chi connectivity index (χ4v) is 0.630. The van der Waals surface area contributed by atoms with Crippen LogP contribution in [-0.2, 0) is 4.79 Å². The molecule has 0 spiro atoms. The van der Waals surface area contributed by atoms with Crippen molar-refractivity contribution < 1.29 is 4.79 Å². The minimum absolute atomic E-state index is 0.459. The highest BCUT2D eigenvalue weighted by Crippen LogP contribution is 1.86. The molecule has 0 saturated carbocycles. The van der Waals surface area contributed by atoms with E-state index in [1.54, 1.807) is 4.90 Å². The molecule has 0 atom stereocenters. The molecule has 0 aliphatic carbocycles. The molecule has 0 bridgehead atoms. The highest BCUT2D eigenvalue weighted by molar-refractivity contribution is 7.80. The maximum atomic E-state index is 10.2.